The predicted octanol–water partition coefficient (Wildman–Crippen LogP) is 4.06. The van der Waals surface area contributed by atoms with E-state index >= 15 is 0 Å². The third kappa shape index (κ3) is 3.06. The zero-order valence-electron chi connectivity index (χ0n) is 11.4. The molecule has 1 heterocycles. The fourth-order valence-corrected chi connectivity index (χ4v) is 3.86. The van der Waals surface area contributed by atoms with E-state index in [1.54, 1.807) is 0 Å². The molecule has 0 amide bonds. The summed E-state index contributed by atoms with van der Waals surface area (Å²) >= 11 is 6.26. The molecule has 2 fully saturated rings. The van der Waals surface area contributed by atoms with Gasteiger partial charge in [-0.15, -0.1) is 0 Å². The molecule has 1 aromatic carbocycles. The molecule has 2 aliphatic rings. The van der Waals surface area contributed by atoms with Crippen LogP contribution in [0.25, 0.3) is 0 Å². The van der Waals surface area contributed by atoms with E-state index in [-0.39, 0.29) is 0 Å². The zero-order chi connectivity index (χ0) is 13.1. The van der Waals surface area contributed by atoms with Crippen LogP contribution >= 0.6 is 11.6 Å². The van der Waals surface area contributed by atoms with Gasteiger partial charge in [-0.2, -0.15) is 0 Å². The average molecular weight is 279 g/mol. The Morgan fingerprint density at radius 3 is 2.74 bits per heavy atom. The molecule has 0 spiro atoms. The van der Waals surface area contributed by atoms with Crippen LogP contribution in [-0.2, 0) is 0 Å². The van der Waals surface area contributed by atoms with Gasteiger partial charge in [0.25, 0.3) is 0 Å². The molecule has 3 atom stereocenters. The van der Waals surface area contributed by atoms with Gasteiger partial charge in [0.15, 0.2) is 0 Å². The van der Waals surface area contributed by atoms with Crippen LogP contribution in [0.3, 0.4) is 0 Å². The van der Waals surface area contributed by atoms with Gasteiger partial charge in [0, 0.05) is 12.1 Å². The standard InChI is InChI=1S/C16H23ClN2/c17-13-7-1-2-9-16(13)19-15-10-5-6-12(15)14-8-3-4-11-18-14/h1-2,7,9,12,14-15,18-19H,3-6,8,10-11H2. The lowest BCUT2D eigenvalue weighted by atomic mass is 9.88. The summed E-state index contributed by atoms with van der Waals surface area (Å²) in [7, 11) is 0. The Balaban J connectivity index is 1.67. The van der Waals surface area contributed by atoms with E-state index in [1.165, 1.54) is 45.1 Å². The number of piperidine rings is 1. The number of hydrogen-bond donors (Lipinski definition) is 2. The Kier molecular flexibility index (Phi) is 4.29. The fraction of sp³-hybridized carbons (Fsp3) is 0.625. The third-order valence-electron chi connectivity index (χ3n) is 4.65. The second-order valence-electron chi connectivity index (χ2n) is 5.88. The van der Waals surface area contributed by atoms with Gasteiger partial charge in [-0.1, -0.05) is 36.6 Å². The quantitative estimate of drug-likeness (QED) is 0.871. The summed E-state index contributed by atoms with van der Waals surface area (Å²) in [6.07, 6.45) is 8.02. The molecule has 3 rings (SSSR count). The SMILES string of the molecule is Clc1ccccc1NC1CCCC1C1CCCCN1. The van der Waals surface area contributed by atoms with Gasteiger partial charge >= 0.3 is 0 Å². The highest BCUT2D eigenvalue weighted by molar-refractivity contribution is 6.33. The van der Waals surface area contributed by atoms with Crippen molar-refractivity contribution in [3.8, 4) is 0 Å². The number of halogens is 1. The number of nitrogens with one attached hydrogen (secondary N) is 2. The maximum absolute atomic E-state index is 6.26. The molecule has 104 valence electrons. The van der Waals surface area contributed by atoms with Gasteiger partial charge in [0.05, 0.1) is 10.7 Å². The number of benzene rings is 1. The van der Waals surface area contributed by atoms with Gasteiger partial charge in [-0.05, 0) is 50.3 Å². The van der Waals surface area contributed by atoms with Gasteiger partial charge < -0.3 is 10.6 Å². The summed E-state index contributed by atoms with van der Waals surface area (Å²) in [4.78, 5) is 0. The van der Waals surface area contributed by atoms with E-state index in [1.807, 2.05) is 12.1 Å². The molecule has 3 unspecified atom stereocenters. The van der Waals surface area contributed by atoms with Crippen LogP contribution in [0.4, 0.5) is 5.69 Å². The molecule has 1 aromatic rings. The van der Waals surface area contributed by atoms with Crippen molar-refractivity contribution in [2.75, 3.05) is 11.9 Å². The third-order valence-corrected chi connectivity index (χ3v) is 4.98. The molecule has 2 N–H and O–H groups in total. The van der Waals surface area contributed by atoms with Crippen LogP contribution in [0.1, 0.15) is 38.5 Å². The smallest absolute Gasteiger partial charge is 0.0637 e. The van der Waals surface area contributed by atoms with Crippen molar-refractivity contribution in [3.05, 3.63) is 29.3 Å². The second-order valence-corrected chi connectivity index (χ2v) is 6.29. The molecule has 0 radical (unpaired) electrons. The van der Waals surface area contributed by atoms with Crippen molar-refractivity contribution in [1.29, 1.82) is 0 Å². The van der Waals surface area contributed by atoms with Gasteiger partial charge in [-0.25, -0.2) is 0 Å². The Bertz CT molecular complexity index is 415. The molecule has 1 aliphatic carbocycles. The highest BCUT2D eigenvalue weighted by Crippen LogP contribution is 2.35. The highest BCUT2D eigenvalue weighted by Gasteiger charge is 2.34. The van der Waals surface area contributed by atoms with Gasteiger partial charge in [0.2, 0.25) is 0 Å². The summed E-state index contributed by atoms with van der Waals surface area (Å²) in [6, 6.07) is 9.38. The number of rotatable bonds is 3. The van der Waals surface area contributed by atoms with Crippen molar-refractivity contribution in [2.24, 2.45) is 5.92 Å². The van der Waals surface area contributed by atoms with Gasteiger partial charge in [-0.3, -0.25) is 0 Å². The molecule has 2 nitrogen and oxygen atoms in total. The first-order valence-electron chi connectivity index (χ1n) is 7.59. The Morgan fingerprint density at radius 2 is 1.95 bits per heavy atom. The predicted molar refractivity (Wildman–Crippen MR) is 81.8 cm³/mol. The van der Waals surface area contributed by atoms with E-state index in [0.29, 0.717) is 12.1 Å². The molecule has 3 heteroatoms. The van der Waals surface area contributed by atoms with Crippen molar-refractivity contribution < 1.29 is 0 Å². The van der Waals surface area contributed by atoms with E-state index < -0.39 is 0 Å². The first-order chi connectivity index (χ1) is 9.34. The first-order valence-corrected chi connectivity index (χ1v) is 7.97. The minimum atomic E-state index is 0.579. The average Bonchev–Trinajstić information content (AvgIpc) is 2.91. The normalized spacial score (nSPS) is 31.3. The maximum atomic E-state index is 6.26. The lowest BCUT2D eigenvalue weighted by molar-refractivity contribution is 0.286. The van der Waals surface area contributed by atoms with Crippen LogP contribution < -0.4 is 10.6 Å². The van der Waals surface area contributed by atoms with Crippen LogP contribution in [-0.4, -0.2) is 18.6 Å². The van der Waals surface area contributed by atoms with Crippen molar-refractivity contribution in [2.45, 2.75) is 50.6 Å². The summed E-state index contributed by atoms with van der Waals surface area (Å²) < 4.78 is 0. The molecular weight excluding hydrogens is 256 g/mol. The number of hydrogen-bond acceptors (Lipinski definition) is 2. The molecule has 19 heavy (non-hydrogen) atoms. The van der Waals surface area contributed by atoms with Crippen LogP contribution in [0.5, 0.6) is 0 Å². The Morgan fingerprint density at radius 1 is 1.05 bits per heavy atom. The minimum absolute atomic E-state index is 0.579. The van der Waals surface area contributed by atoms with E-state index in [0.717, 1.165) is 16.6 Å². The Hall–Kier alpha value is -0.730. The maximum Gasteiger partial charge on any atom is 0.0637 e. The topological polar surface area (TPSA) is 24.1 Å². The molecule has 1 saturated carbocycles. The molecule has 0 aromatic heterocycles. The van der Waals surface area contributed by atoms with Crippen LogP contribution in [0.2, 0.25) is 5.02 Å². The first kappa shape index (κ1) is 13.3. The molecule has 1 saturated heterocycles. The largest absolute Gasteiger partial charge is 0.381 e. The van der Waals surface area contributed by atoms with Crippen LogP contribution in [0, 0.1) is 5.92 Å². The van der Waals surface area contributed by atoms with Gasteiger partial charge in [0.1, 0.15) is 0 Å². The molecular formula is C16H23ClN2. The minimum Gasteiger partial charge on any atom is -0.381 e. The number of para-hydroxylation sites is 1. The molecule has 0 bridgehead atoms. The van der Waals surface area contributed by atoms with Crippen molar-refractivity contribution >= 4 is 17.3 Å². The summed E-state index contributed by atoms with van der Waals surface area (Å²) in [6.45, 7) is 1.19. The zero-order valence-corrected chi connectivity index (χ0v) is 12.1. The molecule has 1 aliphatic heterocycles. The highest BCUT2D eigenvalue weighted by atomic mass is 35.5. The second kappa shape index (κ2) is 6.15. The summed E-state index contributed by atoms with van der Waals surface area (Å²) in [5.41, 5.74) is 1.09. The summed E-state index contributed by atoms with van der Waals surface area (Å²) in [5.74, 6) is 0.761. The van der Waals surface area contributed by atoms with E-state index in [2.05, 4.69) is 22.8 Å². The van der Waals surface area contributed by atoms with Crippen molar-refractivity contribution in [3.63, 3.8) is 0 Å². The van der Waals surface area contributed by atoms with E-state index in [9.17, 15) is 0 Å². The van der Waals surface area contributed by atoms with E-state index in [4.69, 9.17) is 11.6 Å². The summed E-state index contributed by atoms with van der Waals surface area (Å²) in [5, 5.41) is 8.24. The monoisotopic (exact) mass is 278 g/mol. The Labute approximate surface area is 120 Å². The van der Waals surface area contributed by atoms with Crippen LogP contribution in [0.15, 0.2) is 24.3 Å². The lowest BCUT2D eigenvalue weighted by Crippen LogP contribution is -2.44. The lowest BCUT2D eigenvalue weighted by Gasteiger charge is -2.33. The van der Waals surface area contributed by atoms with Crippen molar-refractivity contribution in [1.82, 2.24) is 5.32 Å². The number of anilines is 1. The fourth-order valence-electron chi connectivity index (χ4n) is 3.67.